The molecule has 0 aromatic carbocycles. The molecule has 1 saturated carbocycles. The Bertz CT molecular complexity index is 370. The number of Topliss-reactive ketones (excluding diaryl/α,β-unsaturated/α-hetero) is 1. The monoisotopic (exact) mass is 280 g/mol. The van der Waals surface area contributed by atoms with Crippen molar-refractivity contribution in [2.45, 2.75) is 59.3 Å². The summed E-state index contributed by atoms with van der Waals surface area (Å²) in [6.45, 7) is 6.51. The van der Waals surface area contributed by atoms with Gasteiger partial charge in [-0.25, -0.2) is 0 Å². The fourth-order valence-electron chi connectivity index (χ4n) is 3.22. The summed E-state index contributed by atoms with van der Waals surface area (Å²) in [5.74, 6) is -0.254. The molecule has 0 amide bonds. The summed E-state index contributed by atoms with van der Waals surface area (Å²) in [4.78, 5) is 23.6. The van der Waals surface area contributed by atoms with Crippen LogP contribution >= 0.6 is 0 Å². The van der Waals surface area contributed by atoms with Gasteiger partial charge >= 0.3 is 5.97 Å². The summed E-state index contributed by atoms with van der Waals surface area (Å²) in [6.07, 6.45) is 8.05. The van der Waals surface area contributed by atoms with Crippen molar-refractivity contribution >= 4 is 11.8 Å². The SMILES string of the molecule is CCC/C(C)=C/CC[C@@H](C)[C@H]1CCC(=O)[C@@H]1C(=O)OC. The number of carbonyl (C=O) groups is 2. The molecular weight excluding hydrogens is 252 g/mol. The summed E-state index contributed by atoms with van der Waals surface area (Å²) < 4.78 is 4.79. The van der Waals surface area contributed by atoms with E-state index in [0.717, 1.165) is 25.7 Å². The molecule has 1 aliphatic rings. The van der Waals surface area contributed by atoms with Gasteiger partial charge < -0.3 is 4.74 Å². The number of hydrogen-bond donors (Lipinski definition) is 0. The first-order valence-electron chi connectivity index (χ1n) is 7.77. The Morgan fingerprint density at radius 1 is 1.50 bits per heavy atom. The van der Waals surface area contributed by atoms with Gasteiger partial charge in [-0.2, -0.15) is 0 Å². The second-order valence-electron chi connectivity index (χ2n) is 6.02. The zero-order valence-corrected chi connectivity index (χ0v) is 13.3. The molecule has 0 bridgehead atoms. The van der Waals surface area contributed by atoms with Gasteiger partial charge in [-0.3, -0.25) is 9.59 Å². The minimum atomic E-state index is -0.518. The van der Waals surface area contributed by atoms with E-state index in [-0.39, 0.29) is 17.7 Å². The van der Waals surface area contributed by atoms with Gasteiger partial charge in [0.15, 0.2) is 0 Å². The van der Waals surface area contributed by atoms with Crippen LogP contribution in [-0.4, -0.2) is 18.9 Å². The van der Waals surface area contributed by atoms with Crippen molar-refractivity contribution < 1.29 is 14.3 Å². The molecular formula is C17H28O3. The van der Waals surface area contributed by atoms with Gasteiger partial charge in [-0.05, 0) is 44.4 Å². The van der Waals surface area contributed by atoms with Gasteiger partial charge in [-0.15, -0.1) is 0 Å². The fraction of sp³-hybridized carbons (Fsp3) is 0.765. The maximum atomic E-state index is 11.8. The van der Waals surface area contributed by atoms with Crippen molar-refractivity contribution in [3.63, 3.8) is 0 Å². The zero-order valence-electron chi connectivity index (χ0n) is 13.3. The van der Waals surface area contributed by atoms with E-state index in [2.05, 4.69) is 26.8 Å². The summed E-state index contributed by atoms with van der Waals surface area (Å²) in [5, 5.41) is 0. The van der Waals surface area contributed by atoms with Crippen LogP contribution < -0.4 is 0 Å². The van der Waals surface area contributed by atoms with Crippen LogP contribution in [0.15, 0.2) is 11.6 Å². The van der Waals surface area contributed by atoms with Crippen LogP contribution in [0.1, 0.15) is 59.3 Å². The minimum Gasteiger partial charge on any atom is -0.468 e. The first-order chi connectivity index (χ1) is 9.51. The summed E-state index contributed by atoms with van der Waals surface area (Å²) >= 11 is 0. The van der Waals surface area contributed by atoms with Gasteiger partial charge in [-0.1, -0.05) is 31.9 Å². The van der Waals surface area contributed by atoms with E-state index >= 15 is 0 Å². The molecule has 0 radical (unpaired) electrons. The molecule has 3 atom stereocenters. The third-order valence-electron chi connectivity index (χ3n) is 4.44. The number of carbonyl (C=O) groups excluding carboxylic acids is 2. The number of methoxy groups -OCH3 is 1. The van der Waals surface area contributed by atoms with Crippen molar-refractivity contribution in [3.05, 3.63) is 11.6 Å². The maximum absolute atomic E-state index is 11.8. The van der Waals surface area contributed by atoms with Crippen LogP contribution in [-0.2, 0) is 14.3 Å². The lowest BCUT2D eigenvalue weighted by Gasteiger charge is -2.22. The van der Waals surface area contributed by atoms with Gasteiger partial charge in [0.05, 0.1) is 7.11 Å². The molecule has 0 N–H and O–H groups in total. The van der Waals surface area contributed by atoms with Crippen molar-refractivity contribution in [3.8, 4) is 0 Å². The highest BCUT2D eigenvalue weighted by molar-refractivity contribution is 6.00. The molecule has 1 fully saturated rings. The zero-order chi connectivity index (χ0) is 15.1. The lowest BCUT2D eigenvalue weighted by molar-refractivity contribution is -0.150. The molecule has 0 aromatic rings. The number of ether oxygens (including phenoxy) is 1. The van der Waals surface area contributed by atoms with Crippen LogP contribution in [0.25, 0.3) is 0 Å². The number of ketones is 1. The van der Waals surface area contributed by atoms with Crippen molar-refractivity contribution in [2.24, 2.45) is 17.8 Å². The Morgan fingerprint density at radius 3 is 2.80 bits per heavy atom. The molecule has 0 saturated heterocycles. The van der Waals surface area contributed by atoms with Gasteiger partial charge in [0, 0.05) is 6.42 Å². The highest BCUT2D eigenvalue weighted by atomic mass is 16.5. The second kappa shape index (κ2) is 8.23. The van der Waals surface area contributed by atoms with Crippen LogP contribution in [0.2, 0.25) is 0 Å². The largest absolute Gasteiger partial charge is 0.468 e. The van der Waals surface area contributed by atoms with E-state index < -0.39 is 5.92 Å². The fourth-order valence-corrected chi connectivity index (χ4v) is 3.22. The molecule has 1 aliphatic carbocycles. The molecule has 3 nitrogen and oxygen atoms in total. The van der Waals surface area contributed by atoms with E-state index in [1.807, 2.05) is 0 Å². The smallest absolute Gasteiger partial charge is 0.316 e. The predicted molar refractivity (Wildman–Crippen MR) is 80.3 cm³/mol. The topological polar surface area (TPSA) is 43.4 Å². The molecule has 0 heterocycles. The third kappa shape index (κ3) is 4.46. The Hall–Kier alpha value is -1.12. The molecule has 3 heteroatoms. The van der Waals surface area contributed by atoms with Gasteiger partial charge in [0.2, 0.25) is 0 Å². The predicted octanol–water partition coefficient (Wildman–Crippen LogP) is 3.92. The average Bonchev–Trinajstić information content (AvgIpc) is 2.80. The van der Waals surface area contributed by atoms with Crippen molar-refractivity contribution in [1.82, 2.24) is 0 Å². The quantitative estimate of drug-likeness (QED) is 0.403. The van der Waals surface area contributed by atoms with Crippen molar-refractivity contribution in [1.29, 1.82) is 0 Å². The first kappa shape index (κ1) is 16.9. The third-order valence-corrected chi connectivity index (χ3v) is 4.44. The summed E-state index contributed by atoms with van der Waals surface area (Å²) in [5.41, 5.74) is 1.44. The molecule has 0 aliphatic heterocycles. The Labute approximate surface area is 122 Å². The second-order valence-corrected chi connectivity index (χ2v) is 6.02. The van der Waals surface area contributed by atoms with Crippen LogP contribution in [0.4, 0.5) is 0 Å². The molecule has 0 aromatic heterocycles. The van der Waals surface area contributed by atoms with E-state index in [4.69, 9.17) is 4.74 Å². The average molecular weight is 280 g/mol. The lowest BCUT2D eigenvalue weighted by atomic mass is 9.82. The number of rotatable bonds is 7. The number of allylic oxidation sites excluding steroid dienone is 2. The molecule has 1 rings (SSSR count). The highest BCUT2D eigenvalue weighted by Gasteiger charge is 2.42. The van der Waals surface area contributed by atoms with Crippen molar-refractivity contribution in [2.75, 3.05) is 7.11 Å². The van der Waals surface area contributed by atoms with E-state index in [1.54, 1.807) is 0 Å². The van der Waals surface area contributed by atoms with Crippen LogP contribution in [0.5, 0.6) is 0 Å². The standard InChI is InChI=1S/C17H28O3/c1-5-7-12(2)8-6-9-13(3)14-10-11-15(18)16(14)17(19)20-4/h8,13-14,16H,5-7,9-11H2,1-4H3/b12-8+/t13-,14-,16-/m1/s1. The molecule has 0 spiro atoms. The van der Waals surface area contributed by atoms with Crippen LogP contribution in [0, 0.1) is 17.8 Å². The summed E-state index contributed by atoms with van der Waals surface area (Å²) in [7, 11) is 1.37. The minimum absolute atomic E-state index is 0.0615. The Balaban J connectivity index is 2.54. The number of esters is 1. The van der Waals surface area contributed by atoms with E-state index in [0.29, 0.717) is 12.3 Å². The Morgan fingerprint density at radius 2 is 2.20 bits per heavy atom. The van der Waals surface area contributed by atoms with Gasteiger partial charge in [0.25, 0.3) is 0 Å². The first-order valence-corrected chi connectivity index (χ1v) is 7.77. The normalized spacial score (nSPS) is 24.8. The number of hydrogen-bond acceptors (Lipinski definition) is 3. The maximum Gasteiger partial charge on any atom is 0.316 e. The lowest BCUT2D eigenvalue weighted by Crippen LogP contribution is -2.29. The molecule has 0 unspecified atom stereocenters. The molecule has 114 valence electrons. The van der Waals surface area contributed by atoms with E-state index in [9.17, 15) is 9.59 Å². The van der Waals surface area contributed by atoms with E-state index in [1.165, 1.54) is 19.1 Å². The summed E-state index contributed by atoms with van der Waals surface area (Å²) in [6, 6.07) is 0. The Kier molecular flexibility index (Phi) is 6.97. The van der Waals surface area contributed by atoms with Crippen LogP contribution in [0.3, 0.4) is 0 Å². The van der Waals surface area contributed by atoms with Gasteiger partial charge in [0.1, 0.15) is 11.7 Å². The highest BCUT2D eigenvalue weighted by Crippen LogP contribution is 2.37. The molecule has 20 heavy (non-hydrogen) atoms.